The molecule has 14 heteroatoms. The Morgan fingerprint density at radius 3 is 2.12 bits per heavy atom. The van der Waals surface area contributed by atoms with Gasteiger partial charge < -0.3 is 44.8 Å². The number of aliphatic hydroxyl groups excluding tert-OH is 5. The SMILES string of the molecule is CC(C)=CCC[C@](C)(O[C@@H]1O[C@H](COP(=O)(O)O)[C@@H](O)[C@H](O)[C@H]1O)C1CC[C@]2(C)C1[C@H](O)CC1[C@@]3(C)CC[C@H](O)C(C)(C)C3CC[C@]12C.[K+].[Mg+2]. The predicted octanol–water partition coefficient (Wildman–Crippen LogP) is 1.07. The van der Waals surface area contributed by atoms with Crippen molar-refractivity contribution in [2.45, 2.75) is 162 Å². The number of rotatable bonds is 9. The zero-order valence-corrected chi connectivity index (χ0v) is 37.3. The fourth-order valence-corrected chi connectivity index (χ4v) is 12.3. The minimum atomic E-state index is -4.89. The van der Waals surface area contributed by atoms with Crippen molar-refractivity contribution < 1.29 is 105 Å². The average Bonchev–Trinajstić information content (AvgIpc) is 3.36. The van der Waals surface area contributed by atoms with Crippen LogP contribution in [0.5, 0.6) is 0 Å². The van der Waals surface area contributed by atoms with Crippen LogP contribution in [-0.2, 0) is 18.6 Å². The molecule has 1 heterocycles. The van der Waals surface area contributed by atoms with E-state index in [4.69, 9.17) is 9.47 Å². The van der Waals surface area contributed by atoms with Gasteiger partial charge in [-0.2, -0.15) is 0 Å². The van der Waals surface area contributed by atoms with Gasteiger partial charge in [0, 0.05) is 0 Å². The van der Waals surface area contributed by atoms with Crippen molar-refractivity contribution in [3.05, 3.63) is 11.6 Å². The summed E-state index contributed by atoms with van der Waals surface area (Å²) in [5.41, 5.74) is -0.250. The van der Waals surface area contributed by atoms with Gasteiger partial charge in [0.15, 0.2) is 6.29 Å². The van der Waals surface area contributed by atoms with E-state index in [-0.39, 0.29) is 114 Å². The molecule has 0 bridgehead atoms. The zero-order chi connectivity index (χ0) is 35.8. The van der Waals surface area contributed by atoms with Crippen LogP contribution in [0.15, 0.2) is 11.6 Å². The molecule has 7 N–H and O–H groups in total. The number of aliphatic hydroxyl groups is 5. The van der Waals surface area contributed by atoms with Crippen LogP contribution in [0.25, 0.3) is 0 Å². The van der Waals surface area contributed by atoms with Crippen LogP contribution in [0.3, 0.4) is 0 Å². The first-order chi connectivity index (χ1) is 22.0. The van der Waals surface area contributed by atoms with E-state index in [2.05, 4.69) is 45.2 Å². The van der Waals surface area contributed by atoms with Gasteiger partial charge in [0.2, 0.25) is 0 Å². The maximum Gasteiger partial charge on any atom is 2.00 e. The number of hydrogen-bond acceptors (Lipinski definition) is 9. The summed E-state index contributed by atoms with van der Waals surface area (Å²) in [6.45, 7) is 17.0. The van der Waals surface area contributed by atoms with Crippen LogP contribution in [0.2, 0.25) is 0 Å². The van der Waals surface area contributed by atoms with Gasteiger partial charge >= 0.3 is 82.3 Å². The predicted molar refractivity (Wildman–Crippen MR) is 185 cm³/mol. The fraction of sp³-hybridized carbons (Fsp3) is 0.944. The van der Waals surface area contributed by atoms with E-state index in [0.717, 1.165) is 44.1 Å². The molecular weight excluding hydrogens is 703 g/mol. The molecule has 5 rings (SSSR count). The molecule has 0 spiro atoms. The molecule has 15 atom stereocenters. The van der Waals surface area contributed by atoms with E-state index >= 15 is 0 Å². The van der Waals surface area contributed by atoms with Crippen LogP contribution >= 0.6 is 7.82 Å². The molecule has 4 saturated carbocycles. The molecule has 1 saturated heterocycles. The van der Waals surface area contributed by atoms with Crippen molar-refractivity contribution >= 4 is 30.9 Å². The fourth-order valence-electron chi connectivity index (χ4n) is 12.0. The third kappa shape index (κ3) is 8.19. The van der Waals surface area contributed by atoms with Crippen LogP contribution in [-0.4, -0.2) is 113 Å². The third-order valence-electron chi connectivity index (χ3n) is 14.8. The van der Waals surface area contributed by atoms with Gasteiger partial charge in [-0.15, -0.1) is 0 Å². The molecule has 50 heavy (non-hydrogen) atoms. The number of allylic oxidation sites excluding steroid dienone is 2. The van der Waals surface area contributed by atoms with E-state index in [1.165, 1.54) is 0 Å². The first-order valence-corrected chi connectivity index (χ1v) is 19.6. The van der Waals surface area contributed by atoms with E-state index in [1.54, 1.807) is 0 Å². The standard InChI is InChI=1S/C36H63O11P.K.Mg/c1-20(2)10-9-14-36(8,47-31-30(41)29(40)28(39)23(46-31)19-45-48(42,43)44)21-11-16-35(7)27(21)22(37)18-25-33(5)15-13-26(38)32(3,4)24(33)12-17-34(25,35)6;;/h10,21-31,37-41H,9,11-19H2,1-8H3,(H2,42,43,44);;/q;+1;+2/t21?,22-,23-,24?,25?,26+,27?,28-,29+,30-,31+,33+,34-,35-,36+;;/m1../s1. The minimum Gasteiger partial charge on any atom is -0.393 e. The Morgan fingerprint density at radius 2 is 1.52 bits per heavy atom. The van der Waals surface area contributed by atoms with Crippen molar-refractivity contribution in [1.29, 1.82) is 0 Å². The maximum atomic E-state index is 12.3. The Labute approximate surface area is 357 Å². The van der Waals surface area contributed by atoms with Crippen molar-refractivity contribution in [3.8, 4) is 0 Å². The van der Waals surface area contributed by atoms with E-state index in [1.807, 2.05) is 20.8 Å². The number of ether oxygens (including phenoxy) is 2. The van der Waals surface area contributed by atoms with E-state index in [0.29, 0.717) is 31.1 Å². The minimum absolute atomic E-state index is 0. The van der Waals surface area contributed by atoms with Crippen LogP contribution in [0.1, 0.15) is 113 Å². The van der Waals surface area contributed by atoms with Crippen molar-refractivity contribution in [2.24, 2.45) is 45.3 Å². The van der Waals surface area contributed by atoms with Crippen LogP contribution < -0.4 is 51.4 Å². The summed E-state index contributed by atoms with van der Waals surface area (Å²) in [5.74, 6) is 0.421. The molecule has 278 valence electrons. The van der Waals surface area contributed by atoms with Crippen molar-refractivity contribution in [1.82, 2.24) is 0 Å². The topological polar surface area (TPSA) is 186 Å². The summed E-state index contributed by atoms with van der Waals surface area (Å²) < 4.78 is 28.6. The average molecular weight is 766 g/mol. The number of phosphoric ester groups is 1. The second-order valence-corrected chi connectivity index (χ2v) is 19.1. The molecule has 4 aliphatic carbocycles. The first-order valence-electron chi connectivity index (χ1n) is 18.1. The van der Waals surface area contributed by atoms with Crippen molar-refractivity contribution in [2.75, 3.05) is 6.61 Å². The normalized spacial score (nSPS) is 46.6. The summed E-state index contributed by atoms with van der Waals surface area (Å²) in [6.07, 6.45) is 0.805. The first kappa shape index (κ1) is 46.4. The molecule has 11 nitrogen and oxygen atoms in total. The molecule has 5 fully saturated rings. The summed E-state index contributed by atoms with van der Waals surface area (Å²) in [7, 11) is -4.89. The molecule has 0 aromatic rings. The number of phosphoric acid groups is 1. The van der Waals surface area contributed by atoms with E-state index in [9.17, 15) is 39.9 Å². The molecule has 1 aliphatic heterocycles. The Hall–Kier alpha value is 1.97. The molecule has 0 radical (unpaired) electrons. The smallest absolute Gasteiger partial charge is 0.393 e. The van der Waals surface area contributed by atoms with Crippen molar-refractivity contribution in [3.63, 3.8) is 0 Å². The van der Waals surface area contributed by atoms with Gasteiger partial charge in [0.25, 0.3) is 0 Å². The van der Waals surface area contributed by atoms with Gasteiger partial charge in [0.1, 0.15) is 24.4 Å². The molecule has 0 aromatic carbocycles. The van der Waals surface area contributed by atoms with E-state index < -0.39 is 56.8 Å². The molecular formula is C36H63KMgO11P+3. The Morgan fingerprint density at radius 1 is 0.900 bits per heavy atom. The summed E-state index contributed by atoms with van der Waals surface area (Å²) in [4.78, 5) is 18.5. The number of fused-ring (bicyclic) bond motifs is 5. The summed E-state index contributed by atoms with van der Waals surface area (Å²) >= 11 is 0. The summed E-state index contributed by atoms with van der Waals surface area (Å²) in [6, 6.07) is 0. The van der Waals surface area contributed by atoms with Gasteiger partial charge in [-0.05, 0) is 124 Å². The van der Waals surface area contributed by atoms with Gasteiger partial charge in [0.05, 0.1) is 24.4 Å². The second-order valence-electron chi connectivity index (χ2n) is 17.9. The Balaban J connectivity index is 0.00000338. The monoisotopic (exact) mass is 765 g/mol. The second kappa shape index (κ2) is 16.4. The Bertz CT molecular complexity index is 1260. The molecule has 0 aromatic heterocycles. The molecule has 4 unspecified atom stereocenters. The maximum absolute atomic E-state index is 12.3. The largest absolute Gasteiger partial charge is 2.00 e. The quantitative estimate of drug-likeness (QED) is 0.101. The van der Waals surface area contributed by atoms with Gasteiger partial charge in [-0.3, -0.25) is 4.52 Å². The molecule has 5 aliphatic rings. The van der Waals surface area contributed by atoms with Crippen LogP contribution in [0.4, 0.5) is 0 Å². The molecule has 0 amide bonds. The third-order valence-corrected chi connectivity index (χ3v) is 15.3. The van der Waals surface area contributed by atoms with Gasteiger partial charge in [-0.25, -0.2) is 4.57 Å². The Kier molecular flexibility index (Phi) is 15.2. The van der Waals surface area contributed by atoms with Gasteiger partial charge in [-0.1, -0.05) is 46.3 Å². The summed E-state index contributed by atoms with van der Waals surface area (Å²) in [5, 5.41) is 55.7. The van der Waals surface area contributed by atoms with Crippen LogP contribution in [0, 0.1) is 45.3 Å². The zero-order valence-electron chi connectivity index (χ0n) is 31.9. The number of hydrogen-bond donors (Lipinski definition) is 7.